The predicted molar refractivity (Wildman–Crippen MR) is 193 cm³/mol. The third-order valence-electron chi connectivity index (χ3n) is 11.2. The Balaban J connectivity index is 1.53. The van der Waals surface area contributed by atoms with E-state index in [0.29, 0.717) is 26.2 Å². The van der Waals surface area contributed by atoms with Gasteiger partial charge in [-0.1, -0.05) is 37.1 Å². The van der Waals surface area contributed by atoms with Gasteiger partial charge in [-0.05, 0) is 87.5 Å². The first kappa shape index (κ1) is 36.9. The number of aliphatic hydroxyl groups excluding tert-OH is 2. The lowest BCUT2D eigenvalue weighted by atomic mass is 9.55. The molecule has 6 atom stereocenters. The number of hydrogen-bond acceptors (Lipinski definition) is 9. The zero-order valence-corrected chi connectivity index (χ0v) is 30.3. The van der Waals surface area contributed by atoms with Crippen molar-refractivity contribution in [3.63, 3.8) is 0 Å². The fourth-order valence-electron chi connectivity index (χ4n) is 8.69. The van der Waals surface area contributed by atoms with Gasteiger partial charge in [0.05, 0.1) is 18.2 Å². The zero-order valence-electron chi connectivity index (χ0n) is 30.3. The number of carbonyl (C=O) groups excluding carboxylic acids is 1. The quantitative estimate of drug-likeness (QED) is 0.0732. The van der Waals surface area contributed by atoms with Gasteiger partial charge in [-0.25, -0.2) is 0 Å². The summed E-state index contributed by atoms with van der Waals surface area (Å²) in [7, 11) is 0. The largest absolute Gasteiger partial charge is 0.492 e. The van der Waals surface area contributed by atoms with Gasteiger partial charge in [0.1, 0.15) is 30.8 Å². The molecule has 2 heterocycles. The Morgan fingerprint density at radius 1 is 1.14 bits per heavy atom. The van der Waals surface area contributed by atoms with Crippen LogP contribution in [0.2, 0.25) is 0 Å². The molecule has 0 unspecified atom stereocenters. The number of nitrogens with zero attached hydrogens (tertiary/aromatic N) is 3. The van der Waals surface area contributed by atoms with Crippen molar-refractivity contribution in [1.82, 2.24) is 9.80 Å². The number of oxime groups is 1. The number of ether oxygens (including phenoxy) is 3. The zero-order chi connectivity index (χ0) is 35.1. The monoisotopic (exact) mass is 693 g/mol. The number of amides is 1. The van der Waals surface area contributed by atoms with Crippen molar-refractivity contribution >= 4 is 11.6 Å². The Morgan fingerprint density at radius 2 is 1.92 bits per heavy atom. The number of hydrogen-bond donors (Lipinski definition) is 2. The van der Waals surface area contributed by atoms with Crippen LogP contribution < -0.4 is 9.47 Å². The highest BCUT2D eigenvalue weighted by atomic mass is 16.7. The maximum absolute atomic E-state index is 14.2. The van der Waals surface area contributed by atoms with Crippen molar-refractivity contribution < 1.29 is 34.1 Å². The first-order chi connectivity index (χ1) is 24.5. The molecule has 0 bridgehead atoms. The van der Waals surface area contributed by atoms with Gasteiger partial charge < -0.3 is 34.2 Å². The van der Waals surface area contributed by atoms with Gasteiger partial charge in [-0.3, -0.25) is 9.69 Å². The second-order valence-electron chi connectivity index (χ2n) is 14.7. The van der Waals surface area contributed by atoms with Crippen LogP contribution in [0.3, 0.4) is 0 Å². The molecule has 3 fully saturated rings. The van der Waals surface area contributed by atoms with Crippen LogP contribution in [0.25, 0.3) is 0 Å². The van der Waals surface area contributed by atoms with E-state index in [9.17, 15) is 15.0 Å². The highest BCUT2D eigenvalue weighted by Crippen LogP contribution is 2.62. The SMILES string of the molecule is C=CCO[C@@]12Oc3ccc(OCCN4CC4)cc3[C@H]3[C@H](CCCCO)[C@@H](CCCCO)C=C(C(=NOCC)C[C@@H]1N(CCC)C(=O)C1CC1)[C@H]32. The topological polar surface area (TPSA) is 113 Å². The predicted octanol–water partition coefficient (Wildman–Crippen LogP) is 5.68. The second-order valence-corrected chi connectivity index (χ2v) is 14.7. The molecule has 0 aromatic heterocycles. The van der Waals surface area contributed by atoms with Crippen LogP contribution in [0.4, 0.5) is 0 Å². The van der Waals surface area contributed by atoms with Crippen molar-refractivity contribution in [2.75, 3.05) is 59.2 Å². The summed E-state index contributed by atoms with van der Waals surface area (Å²) < 4.78 is 20.6. The van der Waals surface area contributed by atoms with E-state index in [1.165, 1.54) is 0 Å². The van der Waals surface area contributed by atoms with Crippen LogP contribution >= 0.6 is 0 Å². The van der Waals surface area contributed by atoms with Gasteiger partial charge in [-0.15, -0.1) is 6.58 Å². The van der Waals surface area contributed by atoms with E-state index in [1.807, 2.05) is 24.0 Å². The van der Waals surface area contributed by atoms with Crippen LogP contribution in [-0.2, 0) is 14.4 Å². The summed E-state index contributed by atoms with van der Waals surface area (Å²) in [4.78, 5) is 24.4. The number of carbonyl (C=O) groups is 1. The molecule has 6 rings (SSSR count). The lowest BCUT2D eigenvalue weighted by Gasteiger charge is -2.60. The number of unbranched alkanes of at least 4 members (excludes halogenated alkanes) is 2. The molecule has 2 aliphatic heterocycles. The molecule has 5 aliphatic rings. The van der Waals surface area contributed by atoms with Crippen LogP contribution in [0, 0.1) is 23.7 Å². The normalized spacial score (nSPS) is 29.0. The maximum Gasteiger partial charge on any atom is 0.239 e. The third kappa shape index (κ3) is 7.93. The summed E-state index contributed by atoms with van der Waals surface area (Å²) in [5, 5.41) is 24.4. The average molecular weight is 694 g/mol. The van der Waals surface area contributed by atoms with Crippen molar-refractivity contribution in [2.45, 2.75) is 95.8 Å². The lowest BCUT2D eigenvalue weighted by Crippen LogP contribution is -2.70. The molecule has 1 aromatic rings. The lowest BCUT2D eigenvalue weighted by molar-refractivity contribution is -0.257. The van der Waals surface area contributed by atoms with Crippen molar-refractivity contribution in [2.24, 2.45) is 28.8 Å². The minimum absolute atomic E-state index is 0.0359. The van der Waals surface area contributed by atoms with Crippen molar-refractivity contribution in [3.8, 4) is 11.5 Å². The minimum Gasteiger partial charge on any atom is -0.492 e. The van der Waals surface area contributed by atoms with E-state index in [4.69, 9.17) is 24.2 Å². The Hall–Kier alpha value is -2.92. The average Bonchev–Trinajstić information content (AvgIpc) is 4.06. The highest BCUT2D eigenvalue weighted by molar-refractivity contribution is 6.03. The molecule has 2 N–H and O–H groups in total. The summed E-state index contributed by atoms with van der Waals surface area (Å²) in [5.74, 6) is 0.692. The molecule has 3 aliphatic carbocycles. The van der Waals surface area contributed by atoms with E-state index in [2.05, 4.69) is 30.5 Å². The van der Waals surface area contributed by atoms with E-state index < -0.39 is 11.8 Å². The van der Waals surface area contributed by atoms with Gasteiger partial charge in [0, 0.05) is 63.2 Å². The summed E-state index contributed by atoms with van der Waals surface area (Å²) >= 11 is 0. The molecular weight excluding hydrogens is 634 g/mol. The molecule has 276 valence electrons. The van der Waals surface area contributed by atoms with Gasteiger partial charge in [-0.2, -0.15) is 0 Å². The van der Waals surface area contributed by atoms with E-state index in [0.717, 1.165) is 106 Å². The maximum atomic E-state index is 14.2. The smallest absolute Gasteiger partial charge is 0.239 e. The molecule has 1 aromatic carbocycles. The molecule has 10 heteroatoms. The number of benzene rings is 1. The van der Waals surface area contributed by atoms with Gasteiger partial charge in [0.15, 0.2) is 0 Å². The third-order valence-corrected chi connectivity index (χ3v) is 11.2. The van der Waals surface area contributed by atoms with Crippen molar-refractivity contribution in [1.29, 1.82) is 0 Å². The molecule has 1 saturated heterocycles. The van der Waals surface area contributed by atoms with Crippen LogP contribution in [-0.4, -0.2) is 103 Å². The Labute approximate surface area is 298 Å². The first-order valence-electron chi connectivity index (χ1n) is 19.4. The number of allylic oxidation sites excluding steroid dienone is 1. The van der Waals surface area contributed by atoms with Gasteiger partial charge >= 0.3 is 0 Å². The summed E-state index contributed by atoms with van der Waals surface area (Å²) in [6, 6.07) is 5.78. The molecular formula is C40H59N3O7. The molecule has 0 spiro atoms. The highest BCUT2D eigenvalue weighted by Gasteiger charge is 2.65. The summed E-state index contributed by atoms with van der Waals surface area (Å²) in [6.07, 6.45) is 12.4. The molecule has 2 saturated carbocycles. The van der Waals surface area contributed by atoms with E-state index in [-0.39, 0.29) is 55.3 Å². The second kappa shape index (κ2) is 17.1. The van der Waals surface area contributed by atoms with Gasteiger partial charge in [0.2, 0.25) is 11.7 Å². The molecule has 0 radical (unpaired) electrons. The standard InChI is InChI=1S/C40H59N3O7/c1-4-17-43(39(46)28-13-14-28)36-27-34(41-49-6-3)32-25-29(11-7-9-21-44)31(12-8-10-22-45)37-33-26-30(47-24-20-42-18-19-42)15-16-35(33)50-40(36,38(32)37)48-23-5-2/h5,15-16,25-26,28-29,31,36-38,44-45H,2,4,6-14,17-24,27H2,1,3H3/t29-,31+,36-,37+,38+,40+/m0/s1. The first-order valence-corrected chi connectivity index (χ1v) is 19.4. The Morgan fingerprint density at radius 3 is 2.60 bits per heavy atom. The van der Waals surface area contributed by atoms with Crippen LogP contribution in [0.15, 0.2) is 47.7 Å². The molecule has 50 heavy (non-hydrogen) atoms. The van der Waals surface area contributed by atoms with Crippen LogP contribution in [0.5, 0.6) is 11.5 Å². The van der Waals surface area contributed by atoms with Crippen LogP contribution in [0.1, 0.15) is 89.5 Å². The summed E-state index contributed by atoms with van der Waals surface area (Å²) in [5.41, 5.74) is 3.02. The number of aliphatic hydroxyl groups is 2. The molecule has 1 amide bonds. The Bertz CT molecular complexity index is 1370. The summed E-state index contributed by atoms with van der Waals surface area (Å²) in [6.45, 7) is 13.5. The Kier molecular flexibility index (Phi) is 12.6. The van der Waals surface area contributed by atoms with Crippen molar-refractivity contribution in [3.05, 3.63) is 48.1 Å². The fraction of sp³-hybridized carbons (Fsp3) is 0.700. The number of fused-ring (bicyclic) bond motifs is 2. The van der Waals surface area contributed by atoms with E-state index in [1.54, 1.807) is 6.08 Å². The fourth-order valence-corrected chi connectivity index (χ4v) is 8.69. The van der Waals surface area contributed by atoms with E-state index >= 15 is 0 Å². The molecule has 10 nitrogen and oxygen atoms in total. The minimum atomic E-state index is -1.18. The number of rotatable bonds is 21. The van der Waals surface area contributed by atoms with Gasteiger partial charge in [0.25, 0.3) is 0 Å².